The van der Waals surface area contributed by atoms with Crippen molar-refractivity contribution in [1.82, 2.24) is 0 Å². The highest BCUT2D eigenvalue weighted by atomic mass is 16.5. The van der Waals surface area contributed by atoms with E-state index in [0.717, 1.165) is 0 Å². The molecule has 0 amide bonds. The third-order valence-corrected chi connectivity index (χ3v) is 1.90. The van der Waals surface area contributed by atoms with Crippen LogP contribution in [-0.4, -0.2) is 24.5 Å². The first-order valence-corrected chi connectivity index (χ1v) is 4.18. The molecule has 3 N–H and O–H groups in total. The first-order valence-electron chi connectivity index (χ1n) is 4.18. The molecule has 0 saturated carbocycles. The number of ether oxygens (including phenoxy) is 1. The van der Waals surface area contributed by atoms with Crippen molar-refractivity contribution in [2.75, 3.05) is 13.7 Å². The number of aromatic hydroxyl groups is 1. The zero-order valence-corrected chi connectivity index (χ0v) is 8.15. The quantitative estimate of drug-likeness (QED) is 0.698. The van der Waals surface area contributed by atoms with Crippen LogP contribution in [0, 0.1) is 11.3 Å². The summed E-state index contributed by atoms with van der Waals surface area (Å²) in [7, 11) is 1.33. The van der Waals surface area contributed by atoms with E-state index >= 15 is 0 Å². The summed E-state index contributed by atoms with van der Waals surface area (Å²) in [5.74, 6) is -0.524. The van der Waals surface area contributed by atoms with E-state index in [-0.39, 0.29) is 35.0 Å². The van der Waals surface area contributed by atoms with Crippen molar-refractivity contribution in [3.63, 3.8) is 0 Å². The molecule has 0 saturated heterocycles. The Bertz CT molecular complexity index is 435. The lowest BCUT2D eigenvalue weighted by molar-refractivity contribution is 0.100. The van der Waals surface area contributed by atoms with Crippen molar-refractivity contribution in [1.29, 1.82) is 5.26 Å². The van der Waals surface area contributed by atoms with E-state index < -0.39 is 0 Å². The Labute approximate surface area is 86.7 Å². The molecule has 0 fully saturated rings. The number of carbonyl (C=O) groups is 1. The van der Waals surface area contributed by atoms with Crippen LogP contribution in [0.1, 0.15) is 15.9 Å². The highest BCUT2D eigenvalue weighted by Crippen LogP contribution is 2.31. The Morgan fingerprint density at radius 1 is 1.67 bits per heavy atom. The SMILES string of the molecule is COc1c(O)cc(C(=O)CN)cc1C#N. The number of carbonyl (C=O) groups excluding carboxylic acids is 1. The molecule has 1 aromatic rings. The average Bonchev–Trinajstić information content (AvgIpc) is 2.26. The van der Waals surface area contributed by atoms with E-state index in [2.05, 4.69) is 0 Å². The highest BCUT2D eigenvalue weighted by Gasteiger charge is 2.13. The van der Waals surface area contributed by atoms with Crippen LogP contribution >= 0.6 is 0 Å². The van der Waals surface area contributed by atoms with Crippen LogP contribution in [0.5, 0.6) is 11.5 Å². The molecule has 0 aliphatic carbocycles. The predicted octanol–water partition coefficient (Wildman–Crippen LogP) is 0.414. The molecule has 15 heavy (non-hydrogen) atoms. The van der Waals surface area contributed by atoms with Gasteiger partial charge in [0.1, 0.15) is 6.07 Å². The molecular formula is C10H10N2O3. The fraction of sp³-hybridized carbons (Fsp3) is 0.200. The number of rotatable bonds is 3. The molecule has 0 aromatic heterocycles. The molecule has 78 valence electrons. The summed E-state index contributed by atoms with van der Waals surface area (Å²) >= 11 is 0. The molecule has 5 nitrogen and oxygen atoms in total. The van der Waals surface area contributed by atoms with Crippen LogP contribution in [0.3, 0.4) is 0 Å². The average molecular weight is 206 g/mol. The van der Waals surface area contributed by atoms with Crippen LogP contribution in [0.2, 0.25) is 0 Å². The van der Waals surface area contributed by atoms with E-state index in [1.54, 1.807) is 0 Å². The molecule has 0 radical (unpaired) electrons. The van der Waals surface area contributed by atoms with Gasteiger partial charge in [0, 0.05) is 5.56 Å². The number of benzene rings is 1. The minimum Gasteiger partial charge on any atom is -0.504 e. The number of Topliss-reactive ketones (excluding diaryl/α,β-unsaturated/α-hetero) is 1. The van der Waals surface area contributed by atoms with Crippen molar-refractivity contribution < 1.29 is 14.6 Å². The normalized spacial score (nSPS) is 9.40. The summed E-state index contributed by atoms with van der Waals surface area (Å²) in [4.78, 5) is 11.2. The van der Waals surface area contributed by atoms with Crippen LogP contribution in [0.25, 0.3) is 0 Å². The monoisotopic (exact) mass is 206 g/mol. The van der Waals surface area contributed by atoms with E-state index in [0.29, 0.717) is 0 Å². The van der Waals surface area contributed by atoms with Gasteiger partial charge in [-0.2, -0.15) is 5.26 Å². The lowest BCUT2D eigenvalue weighted by Gasteiger charge is -2.07. The topological polar surface area (TPSA) is 96.3 Å². The maximum atomic E-state index is 11.2. The van der Waals surface area contributed by atoms with Crippen LogP contribution in [0.4, 0.5) is 0 Å². The molecule has 0 atom stereocenters. The highest BCUT2D eigenvalue weighted by molar-refractivity contribution is 5.98. The smallest absolute Gasteiger partial charge is 0.178 e. The van der Waals surface area contributed by atoms with Crippen molar-refractivity contribution in [3.05, 3.63) is 23.3 Å². The molecule has 5 heteroatoms. The summed E-state index contributed by atoms with van der Waals surface area (Å²) in [6, 6.07) is 4.40. The van der Waals surface area contributed by atoms with Crippen molar-refractivity contribution >= 4 is 5.78 Å². The minimum absolute atomic E-state index is 0.0612. The summed E-state index contributed by atoms with van der Waals surface area (Å²) in [6.45, 7) is -0.170. The Hall–Kier alpha value is -2.06. The molecule has 0 aliphatic rings. The van der Waals surface area contributed by atoms with Gasteiger partial charge in [-0.1, -0.05) is 0 Å². The van der Waals surface area contributed by atoms with Gasteiger partial charge >= 0.3 is 0 Å². The molecule has 0 spiro atoms. The first kappa shape index (κ1) is 11.0. The van der Waals surface area contributed by atoms with Gasteiger partial charge in [0.15, 0.2) is 17.3 Å². The Morgan fingerprint density at radius 3 is 2.80 bits per heavy atom. The number of hydrogen-bond donors (Lipinski definition) is 2. The Morgan fingerprint density at radius 2 is 2.33 bits per heavy atom. The fourth-order valence-corrected chi connectivity index (χ4v) is 1.19. The molecular weight excluding hydrogens is 196 g/mol. The summed E-state index contributed by atoms with van der Waals surface area (Å²) in [5, 5.41) is 18.2. The van der Waals surface area contributed by atoms with Gasteiger partial charge in [0.2, 0.25) is 0 Å². The molecule has 0 bridgehead atoms. The molecule has 0 unspecified atom stereocenters. The van der Waals surface area contributed by atoms with Crippen LogP contribution < -0.4 is 10.5 Å². The first-order chi connectivity index (χ1) is 7.13. The number of hydrogen-bond acceptors (Lipinski definition) is 5. The zero-order chi connectivity index (χ0) is 11.4. The fourth-order valence-electron chi connectivity index (χ4n) is 1.19. The van der Waals surface area contributed by atoms with Gasteiger partial charge in [-0.05, 0) is 12.1 Å². The van der Waals surface area contributed by atoms with Gasteiger partial charge in [0.25, 0.3) is 0 Å². The van der Waals surface area contributed by atoms with Gasteiger partial charge in [0.05, 0.1) is 19.2 Å². The van der Waals surface area contributed by atoms with Gasteiger partial charge < -0.3 is 15.6 Å². The second-order valence-corrected chi connectivity index (χ2v) is 2.82. The third kappa shape index (κ3) is 2.06. The number of phenolic OH excluding ortho intramolecular Hbond substituents is 1. The van der Waals surface area contributed by atoms with Gasteiger partial charge in [-0.3, -0.25) is 4.79 Å². The number of phenols is 1. The van der Waals surface area contributed by atoms with Gasteiger partial charge in [-0.15, -0.1) is 0 Å². The lowest BCUT2D eigenvalue weighted by Crippen LogP contribution is -2.13. The number of nitrogens with two attached hydrogens (primary N) is 1. The molecule has 1 rings (SSSR count). The van der Waals surface area contributed by atoms with Crippen LogP contribution in [-0.2, 0) is 0 Å². The Kier molecular flexibility index (Phi) is 3.26. The zero-order valence-electron chi connectivity index (χ0n) is 8.15. The predicted molar refractivity (Wildman–Crippen MR) is 52.8 cm³/mol. The minimum atomic E-state index is -0.343. The summed E-state index contributed by atoms with van der Waals surface area (Å²) in [5.41, 5.74) is 5.48. The second-order valence-electron chi connectivity index (χ2n) is 2.82. The second kappa shape index (κ2) is 4.44. The number of ketones is 1. The molecule has 0 heterocycles. The van der Waals surface area contributed by atoms with Crippen LogP contribution in [0.15, 0.2) is 12.1 Å². The number of nitrogens with zero attached hydrogens (tertiary/aromatic N) is 1. The molecule has 1 aromatic carbocycles. The summed E-state index contributed by atoms with van der Waals surface area (Å²) in [6.07, 6.45) is 0. The van der Waals surface area contributed by atoms with E-state index in [1.165, 1.54) is 19.2 Å². The van der Waals surface area contributed by atoms with E-state index in [1.807, 2.05) is 6.07 Å². The maximum absolute atomic E-state index is 11.2. The number of methoxy groups -OCH3 is 1. The maximum Gasteiger partial charge on any atom is 0.178 e. The van der Waals surface area contributed by atoms with E-state index in [4.69, 9.17) is 15.7 Å². The number of nitriles is 1. The lowest BCUT2D eigenvalue weighted by atomic mass is 10.1. The van der Waals surface area contributed by atoms with Crippen molar-refractivity contribution in [2.24, 2.45) is 5.73 Å². The molecule has 0 aliphatic heterocycles. The van der Waals surface area contributed by atoms with Gasteiger partial charge in [-0.25, -0.2) is 0 Å². The van der Waals surface area contributed by atoms with Crippen molar-refractivity contribution in [2.45, 2.75) is 0 Å². The standard InChI is InChI=1S/C10H10N2O3/c1-15-10-7(4-11)2-6(3-8(10)13)9(14)5-12/h2-3,13H,5,12H2,1H3. The Balaban J connectivity index is 3.33. The van der Waals surface area contributed by atoms with Crippen molar-refractivity contribution in [3.8, 4) is 17.6 Å². The van der Waals surface area contributed by atoms with E-state index in [9.17, 15) is 9.90 Å². The summed E-state index contributed by atoms with van der Waals surface area (Å²) < 4.78 is 4.82. The third-order valence-electron chi connectivity index (χ3n) is 1.90. The largest absolute Gasteiger partial charge is 0.504 e.